The number of anilines is 1. The largest absolute Gasteiger partial charge is 0.450 e. The fourth-order valence-electron chi connectivity index (χ4n) is 4.04. The van der Waals surface area contributed by atoms with Crippen LogP contribution in [0.4, 0.5) is 10.1 Å². The van der Waals surface area contributed by atoms with Gasteiger partial charge in [-0.25, -0.2) is 4.39 Å². The van der Waals surface area contributed by atoms with Crippen LogP contribution in [0.25, 0.3) is 11.0 Å². The zero-order valence-corrected chi connectivity index (χ0v) is 18.8. The summed E-state index contributed by atoms with van der Waals surface area (Å²) in [5.41, 5.74) is 2.11. The van der Waals surface area contributed by atoms with Crippen LogP contribution in [0.3, 0.4) is 0 Å². The molecule has 1 aliphatic rings. The summed E-state index contributed by atoms with van der Waals surface area (Å²) in [4.78, 5) is 29.6. The van der Waals surface area contributed by atoms with E-state index in [2.05, 4.69) is 0 Å². The minimum Gasteiger partial charge on any atom is -0.450 e. The number of benzene rings is 3. The Kier molecular flexibility index (Phi) is 5.07. The first-order chi connectivity index (χ1) is 15.4. The van der Waals surface area contributed by atoms with Crippen molar-refractivity contribution >= 4 is 45.9 Å². The summed E-state index contributed by atoms with van der Waals surface area (Å²) in [5, 5.41) is 0.611. The fraction of sp³-hybridized carbons (Fsp3) is 0.120. The van der Waals surface area contributed by atoms with Crippen molar-refractivity contribution in [1.82, 2.24) is 0 Å². The van der Waals surface area contributed by atoms with Gasteiger partial charge >= 0.3 is 0 Å². The highest BCUT2D eigenvalue weighted by molar-refractivity contribution is 7.98. The first-order valence-electron chi connectivity index (χ1n) is 9.89. The van der Waals surface area contributed by atoms with Crippen molar-refractivity contribution in [2.24, 2.45) is 0 Å². The second kappa shape index (κ2) is 7.80. The van der Waals surface area contributed by atoms with Gasteiger partial charge in [0, 0.05) is 15.6 Å². The van der Waals surface area contributed by atoms with Gasteiger partial charge in [-0.15, -0.1) is 11.8 Å². The maximum absolute atomic E-state index is 13.9. The Balaban J connectivity index is 1.80. The van der Waals surface area contributed by atoms with Crippen molar-refractivity contribution in [2.75, 3.05) is 11.2 Å². The Hall–Kier alpha value is -3.09. The van der Waals surface area contributed by atoms with Crippen molar-refractivity contribution in [3.8, 4) is 0 Å². The molecule has 2 heterocycles. The van der Waals surface area contributed by atoms with Crippen LogP contribution in [0, 0.1) is 12.7 Å². The van der Waals surface area contributed by atoms with E-state index in [9.17, 15) is 14.0 Å². The van der Waals surface area contributed by atoms with Gasteiger partial charge in [0.2, 0.25) is 5.76 Å². The minimum absolute atomic E-state index is 0.0373. The Labute approximate surface area is 192 Å². The van der Waals surface area contributed by atoms with E-state index in [1.807, 2.05) is 43.5 Å². The molecule has 1 aromatic heterocycles. The van der Waals surface area contributed by atoms with Gasteiger partial charge in [-0.05, 0) is 66.8 Å². The monoisotopic (exact) mass is 465 g/mol. The number of amides is 1. The molecule has 1 unspecified atom stereocenters. The van der Waals surface area contributed by atoms with Crippen LogP contribution in [0.15, 0.2) is 74.8 Å². The number of halogens is 2. The van der Waals surface area contributed by atoms with Crippen LogP contribution in [0.5, 0.6) is 0 Å². The summed E-state index contributed by atoms with van der Waals surface area (Å²) >= 11 is 7.94. The summed E-state index contributed by atoms with van der Waals surface area (Å²) in [6, 6.07) is 15.9. The predicted molar refractivity (Wildman–Crippen MR) is 126 cm³/mol. The van der Waals surface area contributed by atoms with E-state index in [0.717, 1.165) is 22.1 Å². The van der Waals surface area contributed by atoms with Crippen LogP contribution >= 0.6 is 23.4 Å². The normalized spacial score (nSPS) is 15.4. The van der Waals surface area contributed by atoms with Gasteiger partial charge in [0.25, 0.3) is 5.91 Å². The number of rotatable bonds is 3. The van der Waals surface area contributed by atoms with Gasteiger partial charge in [0.15, 0.2) is 5.43 Å². The van der Waals surface area contributed by atoms with Crippen molar-refractivity contribution in [2.45, 2.75) is 17.9 Å². The zero-order valence-electron chi connectivity index (χ0n) is 17.2. The van der Waals surface area contributed by atoms with Crippen LogP contribution in [0.2, 0.25) is 5.02 Å². The Morgan fingerprint density at radius 1 is 1.03 bits per heavy atom. The topological polar surface area (TPSA) is 50.5 Å². The van der Waals surface area contributed by atoms with Crippen LogP contribution in [-0.2, 0) is 0 Å². The van der Waals surface area contributed by atoms with E-state index < -0.39 is 23.2 Å². The van der Waals surface area contributed by atoms with Crippen molar-refractivity contribution in [3.63, 3.8) is 0 Å². The second-order valence-corrected chi connectivity index (χ2v) is 8.89. The van der Waals surface area contributed by atoms with Crippen molar-refractivity contribution in [1.29, 1.82) is 0 Å². The highest BCUT2D eigenvalue weighted by Gasteiger charge is 2.43. The van der Waals surface area contributed by atoms with Crippen LogP contribution in [-0.4, -0.2) is 12.2 Å². The maximum atomic E-state index is 13.9. The number of hydrogen-bond donors (Lipinski definition) is 0. The Morgan fingerprint density at radius 2 is 1.78 bits per heavy atom. The highest BCUT2D eigenvalue weighted by atomic mass is 35.5. The number of carbonyl (C=O) groups is 1. The lowest BCUT2D eigenvalue weighted by atomic mass is 9.98. The first-order valence-corrected chi connectivity index (χ1v) is 11.5. The van der Waals surface area contributed by atoms with E-state index in [4.69, 9.17) is 16.0 Å². The standard InChI is InChI=1S/C25H17ClFNO3S/c1-13-3-7-16(12-19(13)26)28-22(14-4-8-17(32-2)9-5-14)21-23(29)18-11-15(27)6-10-20(18)31-24(21)25(28)30/h3-12,22H,1-2H3. The van der Waals surface area contributed by atoms with E-state index >= 15 is 0 Å². The fourth-order valence-corrected chi connectivity index (χ4v) is 4.63. The van der Waals surface area contributed by atoms with E-state index in [-0.39, 0.29) is 22.3 Å². The third kappa shape index (κ3) is 3.22. The molecule has 1 atom stereocenters. The van der Waals surface area contributed by atoms with Gasteiger partial charge in [-0.1, -0.05) is 29.8 Å². The first kappa shape index (κ1) is 20.8. The molecular formula is C25H17ClFNO3S. The summed E-state index contributed by atoms with van der Waals surface area (Å²) < 4.78 is 19.8. The molecule has 0 bridgehead atoms. The highest BCUT2D eigenvalue weighted by Crippen LogP contribution is 2.42. The number of hydrogen-bond acceptors (Lipinski definition) is 4. The van der Waals surface area contributed by atoms with Crippen molar-refractivity contribution < 1.29 is 13.6 Å². The number of carbonyl (C=O) groups excluding carboxylic acids is 1. The van der Waals surface area contributed by atoms with Gasteiger partial charge in [-0.3, -0.25) is 14.5 Å². The molecule has 3 aromatic carbocycles. The maximum Gasteiger partial charge on any atom is 0.295 e. The Morgan fingerprint density at radius 3 is 2.47 bits per heavy atom. The number of nitrogens with zero attached hydrogens (tertiary/aromatic N) is 1. The molecule has 1 aliphatic heterocycles. The summed E-state index contributed by atoms with van der Waals surface area (Å²) in [5.74, 6) is -1.02. The summed E-state index contributed by atoms with van der Waals surface area (Å²) in [6.07, 6.45) is 1.97. The van der Waals surface area contributed by atoms with E-state index in [0.29, 0.717) is 10.7 Å². The second-order valence-electron chi connectivity index (χ2n) is 7.60. The van der Waals surface area contributed by atoms with Gasteiger partial charge in [0.05, 0.1) is 17.0 Å². The molecule has 1 amide bonds. The lowest BCUT2D eigenvalue weighted by Crippen LogP contribution is -2.29. The third-order valence-electron chi connectivity index (χ3n) is 5.70. The molecule has 0 spiro atoms. The quantitative estimate of drug-likeness (QED) is 0.330. The molecule has 7 heteroatoms. The average molecular weight is 466 g/mol. The van der Waals surface area contributed by atoms with E-state index in [1.165, 1.54) is 17.0 Å². The average Bonchev–Trinajstić information content (AvgIpc) is 3.09. The lowest BCUT2D eigenvalue weighted by molar-refractivity contribution is 0.0971. The molecule has 0 aliphatic carbocycles. The summed E-state index contributed by atoms with van der Waals surface area (Å²) in [6.45, 7) is 1.87. The molecule has 32 heavy (non-hydrogen) atoms. The number of thioether (sulfide) groups is 1. The molecule has 0 radical (unpaired) electrons. The van der Waals surface area contributed by atoms with Gasteiger partial charge in [0.1, 0.15) is 11.4 Å². The molecule has 0 saturated carbocycles. The number of fused-ring (bicyclic) bond motifs is 2. The SMILES string of the molecule is CSc1ccc(C2c3c(oc4ccc(F)cc4c3=O)C(=O)N2c2ccc(C)c(Cl)c2)cc1. The molecule has 4 aromatic rings. The van der Waals surface area contributed by atoms with Gasteiger partial charge in [-0.2, -0.15) is 0 Å². The van der Waals surface area contributed by atoms with Crippen molar-refractivity contribution in [3.05, 3.63) is 104 Å². The van der Waals surface area contributed by atoms with E-state index in [1.54, 1.807) is 23.9 Å². The van der Waals surface area contributed by atoms with Crippen LogP contribution in [0.1, 0.15) is 33.3 Å². The number of aryl methyl sites for hydroxylation is 1. The molecule has 5 rings (SSSR count). The van der Waals surface area contributed by atoms with Gasteiger partial charge < -0.3 is 4.42 Å². The predicted octanol–water partition coefficient (Wildman–Crippen LogP) is 6.37. The van der Waals surface area contributed by atoms with Crippen LogP contribution < -0.4 is 10.3 Å². The molecule has 160 valence electrons. The zero-order chi connectivity index (χ0) is 22.6. The molecule has 4 nitrogen and oxygen atoms in total. The molecular weight excluding hydrogens is 449 g/mol. The summed E-state index contributed by atoms with van der Waals surface area (Å²) in [7, 11) is 0. The smallest absolute Gasteiger partial charge is 0.295 e. The third-order valence-corrected chi connectivity index (χ3v) is 6.85. The Bertz CT molecular complexity index is 1450. The molecule has 0 saturated heterocycles. The minimum atomic E-state index is -0.726. The lowest BCUT2D eigenvalue weighted by Gasteiger charge is -2.25. The molecule has 0 N–H and O–H groups in total. The molecule has 0 fully saturated rings.